The van der Waals surface area contributed by atoms with Crippen LogP contribution in [0, 0.1) is 5.92 Å². The minimum absolute atomic E-state index is 0.292. The Morgan fingerprint density at radius 1 is 1.44 bits per heavy atom. The summed E-state index contributed by atoms with van der Waals surface area (Å²) >= 11 is 0. The van der Waals surface area contributed by atoms with E-state index in [-0.39, 0.29) is 5.92 Å². The summed E-state index contributed by atoms with van der Waals surface area (Å²) in [5.74, 6) is -1.02. The van der Waals surface area contributed by atoms with Gasteiger partial charge in [-0.25, -0.2) is 0 Å². The second-order valence-electron chi connectivity index (χ2n) is 4.07. The number of aryl methyl sites for hydroxylation is 1. The number of carbonyl (C=O) groups is 1. The van der Waals surface area contributed by atoms with Gasteiger partial charge in [0.25, 0.3) is 0 Å². The molecule has 1 heterocycles. The van der Waals surface area contributed by atoms with Crippen LogP contribution >= 0.6 is 0 Å². The van der Waals surface area contributed by atoms with Gasteiger partial charge < -0.3 is 9.52 Å². The summed E-state index contributed by atoms with van der Waals surface area (Å²) in [6.45, 7) is 1.73. The van der Waals surface area contributed by atoms with E-state index in [0.717, 1.165) is 23.0 Å². The molecule has 1 atom stereocenters. The second-order valence-corrected chi connectivity index (χ2v) is 4.07. The SMILES string of the molecule is CC(CCc1ccc2occc2c1)C(=O)O. The Kier molecular flexibility index (Phi) is 2.95. The molecule has 1 aromatic heterocycles. The van der Waals surface area contributed by atoms with E-state index in [0.29, 0.717) is 6.42 Å². The zero-order valence-electron chi connectivity index (χ0n) is 9.14. The summed E-state index contributed by atoms with van der Waals surface area (Å²) in [5, 5.41) is 9.85. The topological polar surface area (TPSA) is 50.4 Å². The fraction of sp³-hybridized carbons (Fsp3) is 0.308. The van der Waals surface area contributed by atoms with E-state index in [1.54, 1.807) is 13.2 Å². The number of aliphatic carboxylic acids is 1. The Bertz CT molecular complexity index is 499. The van der Waals surface area contributed by atoms with Crippen molar-refractivity contribution in [1.82, 2.24) is 0 Å². The van der Waals surface area contributed by atoms with Crippen molar-refractivity contribution in [2.24, 2.45) is 5.92 Å². The Labute approximate surface area is 93.7 Å². The highest BCUT2D eigenvalue weighted by Crippen LogP contribution is 2.18. The van der Waals surface area contributed by atoms with E-state index in [4.69, 9.17) is 9.52 Å². The summed E-state index contributed by atoms with van der Waals surface area (Å²) in [6, 6.07) is 7.88. The van der Waals surface area contributed by atoms with Crippen LogP contribution in [0.2, 0.25) is 0 Å². The molecule has 0 aliphatic carbocycles. The molecular formula is C13H14O3. The summed E-state index contributed by atoms with van der Waals surface area (Å²) in [6.07, 6.45) is 3.11. The number of benzene rings is 1. The van der Waals surface area contributed by atoms with E-state index < -0.39 is 5.97 Å². The van der Waals surface area contributed by atoms with Gasteiger partial charge in [0, 0.05) is 5.39 Å². The molecule has 3 heteroatoms. The number of carboxylic acid groups (broad SMARTS) is 1. The Balaban J connectivity index is 2.06. The third-order valence-electron chi connectivity index (χ3n) is 2.80. The zero-order chi connectivity index (χ0) is 11.5. The van der Waals surface area contributed by atoms with E-state index in [1.165, 1.54) is 0 Å². The van der Waals surface area contributed by atoms with Crippen LogP contribution in [-0.2, 0) is 11.2 Å². The van der Waals surface area contributed by atoms with Crippen LogP contribution in [0.25, 0.3) is 11.0 Å². The van der Waals surface area contributed by atoms with Crippen molar-refractivity contribution < 1.29 is 14.3 Å². The average Bonchev–Trinajstić information content (AvgIpc) is 2.72. The zero-order valence-corrected chi connectivity index (χ0v) is 9.14. The Hall–Kier alpha value is -1.77. The van der Waals surface area contributed by atoms with Crippen molar-refractivity contribution in [3.63, 3.8) is 0 Å². The highest BCUT2D eigenvalue weighted by atomic mass is 16.4. The van der Waals surface area contributed by atoms with Gasteiger partial charge in [-0.15, -0.1) is 0 Å². The Morgan fingerprint density at radius 2 is 2.25 bits per heavy atom. The third-order valence-corrected chi connectivity index (χ3v) is 2.80. The van der Waals surface area contributed by atoms with Crippen molar-refractivity contribution in [1.29, 1.82) is 0 Å². The smallest absolute Gasteiger partial charge is 0.306 e. The normalized spacial score (nSPS) is 12.8. The molecule has 0 aliphatic rings. The van der Waals surface area contributed by atoms with Crippen LogP contribution in [0.5, 0.6) is 0 Å². The van der Waals surface area contributed by atoms with Gasteiger partial charge in [0.05, 0.1) is 12.2 Å². The van der Waals surface area contributed by atoms with Gasteiger partial charge in [-0.1, -0.05) is 13.0 Å². The van der Waals surface area contributed by atoms with Gasteiger partial charge in [0.2, 0.25) is 0 Å². The van der Waals surface area contributed by atoms with Crippen molar-refractivity contribution in [2.75, 3.05) is 0 Å². The molecule has 0 radical (unpaired) electrons. The quantitative estimate of drug-likeness (QED) is 0.857. The molecule has 2 rings (SSSR count). The fourth-order valence-corrected chi connectivity index (χ4v) is 1.68. The third kappa shape index (κ3) is 2.24. The molecule has 1 unspecified atom stereocenters. The highest BCUT2D eigenvalue weighted by molar-refractivity contribution is 5.77. The van der Waals surface area contributed by atoms with Crippen LogP contribution < -0.4 is 0 Å². The molecule has 3 nitrogen and oxygen atoms in total. The number of rotatable bonds is 4. The molecule has 2 aromatic rings. The van der Waals surface area contributed by atoms with Crippen molar-refractivity contribution in [3.8, 4) is 0 Å². The van der Waals surface area contributed by atoms with E-state index >= 15 is 0 Å². The molecule has 0 saturated heterocycles. The van der Waals surface area contributed by atoms with Crippen LogP contribution in [0.1, 0.15) is 18.9 Å². The number of furan rings is 1. The maximum Gasteiger partial charge on any atom is 0.306 e. The molecule has 1 aromatic carbocycles. The van der Waals surface area contributed by atoms with Gasteiger partial charge in [0.1, 0.15) is 5.58 Å². The molecule has 0 spiro atoms. The van der Waals surface area contributed by atoms with Crippen LogP contribution in [0.4, 0.5) is 0 Å². The monoisotopic (exact) mass is 218 g/mol. The standard InChI is InChI=1S/C13H14O3/c1-9(13(14)15)2-3-10-4-5-12-11(8-10)6-7-16-12/h4-9H,2-3H2,1H3,(H,14,15). The van der Waals surface area contributed by atoms with Gasteiger partial charge in [0.15, 0.2) is 0 Å². The van der Waals surface area contributed by atoms with E-state index in [9.17, 15) is 4.79 Å². The predicted molar refractivity (Wildman–Crippen MR) is 61.3 cm³/mol. The summed E-state index contributed by atoms with van der Waals surface area (Å²) in [5.41, 5.74) is 2.03. The lowest BCUT2D eigenvalue weighted by Crippen LogP contribution is -2.10. The highest BCUT2D eigenvalue weighted by Gasteiger charge is 2.10. The molecule has 1 N–H and O–H groups in total. The molecule has 0 fully saturated rings. The van der Waals surface area contributed by atoms with Crippen molar-refractivity contribution in [3.05, 3.63) is 36.1 Å². The van der Waals surface area contributed by atoms with E-state index in [1.807, 2.05) is 24.3 Å². The first kappa shape index (κ1) is 10.7. The largest absolute Gasteiger partial charge is 0.481 e. The summed E-state index contributed by atoms with van der Waals surface area (Å²) < 4.78 is 5.24. The average molecular weight is 218 g/mol. The maximum absolute atomic E-state index is 10.7. The van der Waals surface area contributed by atoms with E-state index in [2.05, 4.69) is 0 Å². The first-order chi connectivity index (χ1) is 7.66. The minimum atomic E-state index is -0.732. The van der Waals surface area contributed by atoms with Gasteiger partial charge in [-0.2, -0.15) is 0 Å². The molecule has 16 heavy (non-hydrogen) atoms. The fourth-order valence-electron chi connectivity index (χ4n) is 1.68. The summed E-state index contributed by atoms with van der Waals surface area (Å²) in [7, 11) is 0. The van der Waals surface area contributed by atoms with Crippen molar-refractivity contribution in [2.45, 2.75) is 19.8 Å². The van der Waals surface area contributed by atoms with Crippen LogP contribution in [0.15, 0.2) is 34.9 Å². The lowest BCUT2D eigenvalue weighted by molar-refractivity contribution is -0.141. The second kappa shape index (κ2) is 4.39. The number of hydrogen-bond acceptors (Lipinski definition) is 2. The molecule has 0 saturated carbocycles. The van der Waals surface area contributed by atoms with Crippen molar-refractivity contribution >= 4 is 16.9 Å². The summed E-state index contributed by atoms with van der Waals surface area (Å²) in [4.78, 5) is 10.7. The number of carboxylic acids is 1. The predicted octanol–water partition coefficient (Wildman–Crippen LogP) is 3.09. The van der Waals surface area contributed by atoms with Gasteiger partial charge in [-0.3, -0.25) is 4.79 Å². The van der Waals surface area contributed by atoms with Gasteiger partial charge >= 0.3 is 5.97 Å². The van der Waals surface area contributed by atoms with Gasteiger partial charge in [-0.05, 0) is 36.6 Å². The van der Waals surface area contributed by atoms with Crippen LogP contribution in [0.3, 0.4) is 0 Å². The maximum atomic E-state index is 10.7. The van der Waals surface area contributed by atoms with Crippen LogP contribution in [-0.4, -0.2) is 11.1 Å². The molecule has 0 bridgehead atoms. The molecule has 84 valence electrons. The first-order valence-electron chi connectivity index (χ1n) is 5.36. The lowest BCUT2D eigenvalue weighted by atomic mass is 10.0. The first-order valence-corrected chi connectivity index (χ1v) is 5.36. The number of fused-ring (bicyclic) bond motifs is 1. The molecule has 0 aliphatic heterocycles. The lowest BCUT2D eigenvalue weighted by Gasteiger charge is -2.05. The molecule has 0 amide bonds. The Morgan fingerprint density at radius 3 is 3.00 bits per heavy atom. The number of hydrogen-bond donors (Lipinski definition) is 1. The minimum Gasteiger partial charge on any atom is -0.481 e. The molecular weight excluding hydrogens is 204 g/mol.